The fraction of sp³-hybridized carbons (Fsp3) is 0.154. The standard InChI is InChI=1S/C13H13ClN4O2/c1-8-6-16-18-12(8)17-11(19)7-15-13(20)9-2-4-10(14)5-3-9/h2-6H,7H2,1H3,(H,15,20)(H2,16,17,18,19). The number of H-pyrrole nitrogens is 1. The van der Waals surface area contributed by atoms with E-state index in [1.807, 2.05) is 6.92 Å². The number of aromatic amines is 1. The fourth-order valence-corrected chi connectivity index (χ4v) is 1.65. The van der Waals surface area contributed by atoms with Gasteiger partial charge in [0.2, 0.25) is 5.91 Å². The number of halogens is 1. The molecule has 0 aliphatic heterocycles. The molecule has 0 saturated carbocycles. The molecule has 0 aliphatic rings. The number of carbonyl (C=O) groups excluding carboxylic acids is 2. The average Bonchev–Trinajstić information content (AvgIpc) is 2.82. The van der Waals surface area contributed by atoms with E-state index < -0.39 is 0 Å². The zero-order chi connectivity index (χ0) is 14.5. The summed E-state index contributed by atoms with van der Waals surface area (Å²) in [5, 5.41) is 12.1. The molecule has 1 aromatic carbocycles. The molecule has 6 nitrogen and oxygen atoms in total. The topological polar surface area (TPSA) is 86.9 Å². The number of benzene rings is 1. The van der Waals surface area contributed by atoms with Crippen LogP contribution >= 0.6 is 11.6 Å². The van der Waals surface area contributed by atoms with E-state index in [0.29, 0.717) is 16.4 Å². The fourth-order valence-electron chi connectivity index (χ4n) is 1.52. The number of nitrogens with zero attached hydrogens (tertiary/aromatic N) is 1. The molecule has 104 valence electrons. The van der Waals surface area contributed by atoms with E-state index in [-0.39, 0.29) is 18.4 Å². The highest BCUT2D eigenvalue weighted by atomic mass is 35.5. The number of nitrogens with one attached hydrogen (secondary N) is 3. The van der Waals surface area contributed by atoms with Crippen molar-refractivity contribution in [3.63, 3.8) is 0 Å². The van der Waals surface area contributed by atoms with Gasteiger partial charge in [-0.15, -0.1) is 0 Å². The highest BCUT2D eigenvalue weighted by Crippen LogP contribution is 2.09. The van der Waals surface area contributed by atoms with Crippen LogP contribution in [0.15, 0.2) is 30.5 Å². The second-order valence-electron chi connectivity index (χ2n) is 4.17. The van der Waals surface area contributed by atoms with Gasteiger partial charge in [-0.2, -0.15) is 5.10 Å². The minimum atomic E-state index is -0.335. The van der Waals surface area contributed by atoms with Gasteiger partial charge in [0.1, 0.15) is 5.82 Å². The molecule has 2 amide bonds. The number of amides is 2. The Kier molecular flexibility index (Phi) is 4.37. The molecule has 0 atom stereocenters. The summed E-state index contributed by atoms with van der Waals surface area (Å²) in [5.41, 5.74) is 1.27. The molecule has 0 spiro atoms. The molecule has 2 aromatic rings. The summed E-state index contributed by atoms with van der Waals surface area (Å²) in [6.07, 6.45) is 1.60. The van der Waals surface area contributed by atoms with E-state index in [9.17, 15) is 9.59 Å². The van der Waals surface area contributed by atoms with Gasteiger partial charge in [-0.1, -0.05) is 11.6 Å². The molecule has 3 N–H and O–H groups in total. The van der Waals surface area contributed by atoms with E-state index in [2.05, 4.69) is 20.8 Å². The van der Waals surface area contributed by atoms with Crippen molar-refractivity contribution in [3.05, 3.63) is 46.6 Å². The molecule has 0 saturated heterocycles. The van der Waals surface area contributed by atoms with Crippen molar-refractivity contribution in [1.29, 1.82) is 0 Å². The number of carbonyl (C=O) groups is 2. The van der Waals surface area contributed by atoms with Crippen molar-refractivity contribution in [3.8, 4) is 0 Å². The van der Waals surface area contributed by atoms with Crippen molar-refractivity contribution < 1.29 is 9.59 Å². The van der Waals surface area contributed by atoms with Gasteiger partial charge < -0.3 is 10.6 Å². The molecule has 0 fully saturated rings. The quantitative estimate of drug-likeness (QED) is 0.802. The lowest BCUT2D eigenvalue weighted by atomic mass is 10.2. The summed E-state index contributed by atoms with van der Waals surface area (Å²) >= 11 is 5.73. The van der Waals surface area contributed by atoms with Crippen molar-refractivity contribution in [2.45, 2.75) is 6.92 Å². The molecule has 2 rings (SSSR count). The number of rotatable bonds is 4. The van der Waals surface area contributed by atoms with E-state index in [0.717, 1.165) is 5.56 Å². The summed E-state index contributed by atoms with van der Waals surface area (Å²) < 4.78 is 0. The third-order valence-corrected chi connectivity index (χ3v) is 2.86. The van der Waals surface area contributed by atoms with Crippen LogP contribution in [0.2, 0.25) is 5.02 Å². The molecule has 7 heteroatoms. The Labute approximate surface area is 120 Å². The molecule has 0 unspecified atom stereocenters. The van der Waals surface area contributed by atoms with Crippen molar-refractivity contribution >= 4 is 29.2 Å². The summed E-state index contributed by atoms with van der Waals surface area (Å²) in [7, 11) is 0. The Morgan fingerprint density at radius 1 is 1.30 bits per heavy atom. The molecular formula is C13H13ClN4O2. The average molecular weight is 293 g/mol. The van der Waals surface area contributed by atoms with Crippen LogP contribution < -0.4 is 10.6 Å². The normalized spacial score (nSPS) is 10.1. The number of anilines is 1. The molecule has 0 bridgehead atoms. The third-order valence-electron chi connectivity index (χ3n) is 2.61. The Morgan fingerprint density at radius 2 is 2.00 bits per heavy atom. The Hall–Kier alpha value is -2.34. The molecule has 1 aromatic heterocycles. The summed E-state index contributed by atoms with van der Waals surface area (Å²) in [5.74, 6) is -0.145. The van der Waals surface area contributed by atoms with E-state index in [1.165, 1.54) is 0 Å². The van der Waals surface area contributed by atoms with E-state index >= 15 is 0 Å². The number of hydrogen-bond donors (Lipinski definition) is 3. The minimum Gasteiger partial charge on any atom is -0.343 e. The van der Waals surface area contributed by atoms with E-state index in [4.69, 9.17) is 11.6 Å². The van der Waals surface area contributed by atoms with Gasteiger partial charge in [0.05, 0.1) is 12.7 Å². The lowest BCUT2D eigenvalue weighted by molar-refractivity contribution is -0.115. The highest BCUT2D eigenvalue weighted by Gasteiger charge is 2.09. The van der Waals surface area contributed by atoms with Gasteiger partial charge in [-0.3, -0.25) is 14.7 Å². The maximum absolute atomic E-state index is 11.8. The van der Waals surface area contributed by atoms with Crippen molar-refractivity contribution in [1.82, 2.24) is 15.5 Å². The van der Waals surface area contributed by atoms with Crippen LogP contribution in [0.25, 0.3) is 0 Å². The Bertz CT molecular complexity index is 622. The van der Waals surface area contributed by atoms with Crippen LogP contribution in [0, 0.1) is 6.92 Å². The smallest absolute Gasteiger partial charge is 0.251 e. The summed E-state index contributed by atoms with van der Waals surface area (Å²) in [6, 6.07) is 6.41. The van der Waals surface area contributed by atoms with Crippen molar-refractivity contribution in [2.24, 2.45) is 0 Å². The molecular weight excluding hydrogens is 280 g/mol. The SMILES string of the molecule is Cc1cn[nH]c1NC(=O)CNC(=O)c1ccc(Cl)cc1. The summed E-state index contributed by atoms with van der Waals surface area (Å²) in [4.78, 5) is 23.4. The number of aromatic nitrogens is 2. The maximum atomic E-state index is 11.8. The first-order chi connectivity index (χ1) is 9.56. The van der Waals surface area contributed by atoms with Crippen LogP contribution in [0.5, 0.6) is 0 Å². The number of hydrogen-bond acceptors (Lipinski definition) is 3. The minimum absolute atomic E-state index is 0.125. The Balaban J connectivity index is 1.85. The van der Waals surface area contributed by atoms with Gasteiger partial charge >= 0.3 is 0 Å². The zero-order valence-corrected chi connectivity index (χ0v) is 11.5. The predicted molar refractivity (Wildman–Crippen MR) is 75.7 cm³/mol. The van der Waals surface area contributed by atoms with Gasteiger partial charge in [-0.05, 0) is 31.2 Å². The van der Waals surface area contributed by atoms with Crippen LogP contribution in [0.3, 0.4) is 0 Å². The second kappa shape index (κ2) is 6.21. The lowest BCUT2D eigenvalue weighted by Gasteiger charge is -2.06. The zero-order valence-electron chi connectivity index (χ0n) is 10.7. The first-order valence-electron chi connectivity index (χ1n) is 5.90. The van der Waals surface area contributed by atoms with Crippen LogP contribution in [-0.2, 0) is 4.79 Å². The second-order valence-corrected chi connectivity index (χ2v) is 4.60. The summed E-state index contributed by atoms with van der Waals surface area (Å²) in [6.45, 7) is 1.69. The first-order valence-corrected chi connectivity index (χ1v) is 6.27. The maximum Gasteiger partial charge on any atom is 0.251 e. The highest BCUT2D eigenvalue weighted by molar-refractivity contribution is 6.30. The first kappa shape index (κ1) is 14.1. The monoisotopic (exact) mass is 292 g/mol. The Morgan fingerprint density at radius 3 is 2.60 bits per heavy atom. The third kappa shape index (κ3) is 3.58. The molecule has 0 radical (unpaired) electrons. The van der Waals surface area contributed by atoms with Gasteiger partial charge in [-0.25, -0.2) is 0 Å². The van der Waals surface area contributed by atoms with Crippen molar-refractivity contribution in [2.75, 3.05) is 11.9 Å². The molecule has 20 heavy (non-hydrogen) atoms. The van der Waals surface area contributed by atoms with Crippen LogP contribution in [-0.4, -0.2) is 28.6 Å². The number of aryl methyl sites for hydroxylation is 1. The van der Waals surface area contributed by atoms with Gasteiger partial charge in [0, 0.05) is 16.1 Å². The predicted octanol–water partition coefficient (Wildman–Crippen LogP) is 1.74. The molecule has 0 aliphatic carbocycles. The van der Waals surface area contributed by atoms with Crippen LogP contribution in [0.1, 0.15) is 15.9 Å². The van der Waals surface area contributed by atoms with Crippen LogP contribution in [0.4, 0.5) is 5.82 Å². The van der Waals surface area contributed by atoms with Gasteiger partial charge in [0.25, 0.3) is 5.91 Å². The molecule has 1 heterocycles. The lowest BCUT2D eigenvalue weighted by Crippen LogP contribution is -2.33. The van der Waals surface area contributed by atoms with E-state index in [1.54, 1.807) is 30.5 Å². The largest absolute Gasteiger partial charge is 0.343 e. The van der Waals surface area contributed by atoms with Gasteiger partial charge in [0.15, 0.2) is 0 Å².